The van der Waals surface area contributed by atoms with E-state index < -0.39 is 6.61 Å². The number of para-hydroxylation sites is 1. The van der Waals surface area contributed by atoms with Crippen molar-refractivity contribution in [2.24, 2.45) is 0 Å². The van der Waals surface area contributed by atoms with Gasteiger partial charge < -0.3 is 10.1 Å². The molecule has 2 atom stereocenters. The second kappa shape index (κ2) is 6.79. The standard InChI is InChI=1S/C15H19F2NO2/c1-10-5-4-6-11(18-10)9-13(19)12-7-2-3-8-14(12)20-15(16)17/h2-3,7-8,10-11,15,18H,4-6,9H2,1H3. The van der Waals surface area contributed by atoms with Gasteiger partial charge >= 0.3 is 6.61 Å². The van der Waals surface area contributed by atoms with E-state index in [1.165, 1.54) is 12.1 Å². The summed E-state index contributed by atoms with van der Waals surface area (Å²) in [5.41, 5.74) is 0.229. The van der Waals surface area contributed by atoms with Gasteiger partial charge in [-0.25, -0.2) is 0 Å². The molecule has 0 bridgehead atoms. The Bertz CT molecular complexity index is 465. The molecule has 1 heterocycles. The minimum atomic E-state index is -2.92. The molecular formula is C15H19F2NO2. The number of piperidine rings is 1. The van der Waals surface area contributed by atoms with Crippen molar-refractivity contribution in [3.05, 3.63) is 29.8 Å². The maximum Gasteiger partial charge on any atom is 0.387 e. The third-order valence-corrected chi connectivity index (χ3v) is 3.55. The molecule has 0 aliphatic carbocycles. The molecule has 1 aliphatic heterocycles. The molecule has 5 heteroatoms. The highest BCUT2D eigenvalue weighted by Gasteiger charge is 2.23. The number of benzene rings is 1. The van der Waals surface area contributed by atoms with Gasteiger partial charge in [-0.2, -0.15) is 8.78 Å². The van der Waals surface area contributed by atoms with Gasteiger partial charge in [0.15, 0.2) is 5.78 Å². The predicted octanol–water partition coefficient (Wildman–Crippen LogP) is 3.39. The minimum Gasteiger partial charge on any atom is -0.434 e. The van der Waals surface area contributed by atoms with Crippen molar-refractivity contribution in [2.45, 2.75) is 51.3 Å². The Morgan fingerprint density at radius 2 is 2.15 bits per heavy atom. The molecule has 1 fully saturated rings. The van der Waals surface area contributed by atoms with Gasteiger partial charge in [-0.15, -0.1) is 0 Å². The molecule has 20 heavy (non-hydrogen) atoms. The number of halogens is 2. The van der Waals surface area contributed by atoms with Crippen molar-refractivity contribution >= 4 is 5.78 Å². The Labute approximate surface area is 117 Å². The van der Waals surface area contributed by atoms with E-state index in [2.05, 4.69) is 17.0 Å². The van der Waals surface area contributed by atoms with Gasteiger partial charge in [0.25, 0.3) is 0 Å². The van der Waals surface area contributed by atoms with Gasteiger partial charge in [-0.1, -0.05) is 18.6 Å². The first-order valence-corrected chi connectivity index (χ1v) is 6.89. The fourth-order valence-electron chi connectivity index (χ4n) is 2.63. The molecule has 1 aromatic carbocycles. The summed E-state index contributed by atoms with van der Waals surface area (Å²) in [6, 6.07) is 6.68. The summed E-state index contributed by atoms with van der Waals surface area (Å²) in [5, 5.41) is 3.37. The van der Waals surface area contributed by atoms with E-state index in [4.69, 9.17) is 0 Å². The van der Waals surface area contributed by atoms with E-state index >= 15 is 0 Å². The number of alkyl halides is 2. The molecule has 1 aromatic rings. The third-order valence-electron chi connectivity index (χ3n) is 3.55. The zero-order chi connectivity index (χ0) is 14.5. The lowest BCUT2D eigenvalue weighted by atomic mass is 9.94. The van der Waals surface area contributed by atoms with Crippen LogP contribution in [-0.4, -0.2) is 24.5 Å². The van der Waals surface area contributed by atoms with Crippen LogP contribution in [-0.2, 0) is 0 Å². The highest BCUT2D eigenvalue weighted by molar-refractivity contribution is 5.99. The molecule has 110 valence electrons. The quantitative estimate of drug-likeness (QED) is 0.842. The zero-order valence-electron chi connectivity index (χ0n) is 11.4. The average molecular weight is 283 g/mol. The summed E-state index contributed by atoms with van der Waals surface area (Å²) < 4.78 is 29.1. The number of hydrogen-bond acceptors (Lipinski definition) is 3. The summed E-state index contributed by atoms with van der Waals surface area (Å²) in [6.45, 7) is -0.832. The molecule has 1 aliphatic rings. The summed E-state index contributed by atoms with van der Waals surface area (Å²) in [7, 11) is 0. The zero-order valence-corrected chi connectivity index (χ0v) is 11.4. The molecule has 1 N–H and O–H groups in total. The molecule has 2 rings (SSSR count). The molecular weight excluding hydrogens is 264 g/mol. The van der Waals surface area contributed by atoms with Crippen LogP contribution < -0.4 is 10.1 Å². The fourth-order valence-corrected chi connectivity index (χ4v) is 2.63. The van der Waals surface area contributed by atoms with E-state index in [9.17, 15) is 13.6 Å². The van der Waals surface area contributed by atoms with Gasteiger partial charge in [0.1, 0.15) is 5.75 Å². The summed E-state index contributed by atoms with van der Waals surface area (Å²) >= 11 is 0. The Morgan fingerprint density at radius 1 is 1.40 bits per heavy atom. The van der Waals surface area contributed by atoms with Crippen LogP contribution in [0.15, 0.2) is 24.3 Å². The molecule has 3 nitrogen and oxygen atoms in total. The lowest BCUT2D eigenvalue weighted by Crippen LogP contribution is -2.41. The van der Waals surface area contributed by atoms with Crippen LogP contribution in [0.25, 0.3) is 0 Å². The van der Waals surface area contributed by atoms with Crippen molar-refractivity contribution in [3.63, 3.8) is 0 Å². The van der Waals surface area contributed by atoms with Crippen molar-refractivity contribution in [1.29, 1.82) is 0 Å². The molecule has 0 amide bonds. The van der Waals surface area contributed by atoms with E-state index in [1.807, 2.05) is 0 Å². The molecule has 0 aromatic heterocycles. The summed E-state index contributed by atoms with van der Waals surface area (Å²) in [4.78, 5) is 12.3. The van der Waals surface area contributed by atoms with Crippen LogP contribution >= 0.6 is 0 Å². The maximum atomic E-state index is 12.3. The Kier molecular flexibility index (Phi) is 5.06. The number of rotatable bonds is 5. The maximum absolute atomic E-state index is 12.3. The largest absolute Gasteiger partial charge is 0.434 e. The van der Waals surface area contributed by atoms with Crippen LogP contribution in [0.1, 0.15) is 43.0 Å². The first-order valence-electron chi connectivity index (χ1n) is 6.89. The van der Waals surface area contributed by atoms with Gasteiger partial charge in [0.2, 0.25) is 0 Å². The number of carbonyl (C=O) groups is 1. The first-order chi connectivity index (χ1) is 9.56. The number of ketones is 1. The molecule has 1 saturated heterocycles. The van der Waals surface area contributed by atoms with Crippen molar-refractivity contribution in [1.82, 2.24) is 5.32 Å². The number of carbonyl (C=O) groups excluding carboxylic acids is 1. The molecule has 0 saturated carbocycles. The van der Waals surface area contributed by atoms with E-state index in [1.54, 1.807) is 12.1 Å². The number of hydrogen-bond donors (Lipinski definition) is 1. The Balaban J connectivity index is 2.05. The lowest BCUT2D eigenvalue weighted by Gasteiger charge is -2.28. The monoisotopic (exact) mass is 283 g/mol. The van der Waals surface area contributed by atoms with Gasteiger partial charge in [-0.3, -0.25) is 4.79 Å². The Morgan fingerprint density at radius 3 is 2.85 bits per heavy atom. The van der Waals surface area contributed by atoms with Crippen LogP contribution in [0.2, 0.25) is 0 Å². The lowest BCUT2D eigenvalue weighted by molar-refractivity contribution is -0.0501. The Hall–Kier alpha value is -1.49. The van der Waals surface area contributed by atoms with Crippen LogP contribution in [0, 0.1) is 0 Å². The number of Topliss-reactive ketones (excluding diaryl/α,β-unsaturated/α-hetero) is 1. The highest BCUT2D eigenvalue weighted by Crippen LogP contribution is 2.24. The number of nitrogens with one attached hydrogen (secondary N) is 1. The van der Waals surface area contributed by atoms with Gasteiger partial charge in [0.05, 0.1) is 5.56 Å². The topological polar surface area (TPSA) is 38.3 Å². The highest BCUT2D eigenvalue weighted by atomic mass is 19.3. The molecule has 0 radical (unpaired) electrons. The van der Waals surface area contributed by atoms with Crippen molar-refractivity contribution in [2.75, 3.05) is 0 Å². The fraction of sp³-hybridized carbons (Fsp3) is 0.533. The van der Waals surface area contributed by atoms with E-state index in [0.717, 1.165) is 19.3 Å². The summed E-state index contributed by atoms with van der Waals surface area (Å²) in [5.74, 6) is -0.204. The van der Waals surface area contributed by atoms with Gasteiger partial charge in [-0.05, 0) is 31.9 Å². The molecule has 0 spiro atoms. The smallest absolute Gasteiger partial charge is 0.387 e. The SMILES string of the molecule is CC1CCCC(CC(=O)c2ccccc2OC(F)F)N1. The average Bonchev–Trinajstić information content (AvgIpc) is 2.38. The van der Waals surface area contributed by atoms with E-state index in [0.29, 0.717) is 12.5 Å². The van der Waals surface area contributed by atoms with Crippen molar-refractivity contribution in [3.8, 4) is 5.75 Å². The third kappa shape index (κ3) is 4.00. The second-order valence-corrected chi connectivity index (χ2v) is 5.20. The van der Waals surface area contributed by atoms with Gasteiger partial charge in [0, 0.05) is 18.5 Å². The van der Waals surface area contributed by atoms with Crippen LogP contribution in [0.3, 0.4) is 0 Å². The van der Waals surface area contributed by atoms with Crippen molar-refractivity contribution < 1.29 is 18.3 Å². The molecule has 2 unspecified atom stereocenters. The second-order valence-electron chi connectivity index (χ2n) is 5.20. The van der Waals surface area contributed by atoms with Crippen LogP contribution in [0.5, 0.6) is 5.75 Å². The first kappa shape index (κ1) is 14.9. The normalized spacial score (nSPS) is 22.8. The predicted molar refractivity (Wildman–Crippen MR) is 72.3 cm³/mol. The minimum absolute atomic E-state index is 0.0450. The van der Waals surface area contributed by atoms with E-state index in [-0.39, 0.29) is 23.1 Å². The summed E-state index contributed by atoms with van der Waals surface area (Å²) in [6.07, 6.45) is 3.44. The number of ether oxygens (including phenoxy) is 1. The van der Waals surface area contributed by atoms with Crippen LogP contribution in [0.4, 0.5) is 8.78 Å².